The standard InChI is InChI=1S/C14H16ClFN2O.ClH/c15-10-1-2-12(16)11(7-10)14(19)18-6-4-13-9(8-18)3-5-17-13;/h1-2,7,9,13,17H,3-6,8H2;1H. The first kappa shape index (κ1) is 15.5. The number of nitrogens with one attached hydrogen (secondary N) is 1. The van der Waals surface area contributed by atoms with Crippen LogP contribution >= 0.6 is 24.0 Å². The molecule has 3 rings (SSSR count). The van der Waals surface area contributed by atoms with Gasteiger partial charge in [0.05, 0.1) is 5.56 Å². The van der Waals surface area contributed by atoms with Gasteiger partial charge in [-0.3, -0.25) is 4.79 Å². The maximum absolute atomic E-state index is 13.7. The van der Waals surface area contributed by atoms with E-state index >= 15 is 0 Å². The minimum Gasteiger partial charge on any atom is -0.338 e. The Kier molecular flexibility index (Phi) is 4.89. The Morgan fingerprint density at radius 3 is 3.00 bits per heavy atom. The van der Waals surface area contributed by atoms with Gasteiger partial charge in [0, 0.05) is 24.2 Å². The van der Waals surface area contributed by atoms with Gasteiger partial charge in [0.1, 0.15) is 5.82 Å². The Labute approximate surface area is 128 Å². The van der Waals surface area contributed by atoms with Gasteiger partial charge in [0.2, 0.25) is 0 Å². The third kappa shape index (κ3) is 2.92. The summed E-state index contributed by atoms with van der Waals surface area (Å²) in [6.45, 7) is 2.41. The first-order chi connectivity index (χ1) is 9.15. The van der Waals surface area contributed by atoms with Crippen molar-refractivity contribution in [2.75, 3.05) is 19.6 Å². The van der Waals surface area contributed by atoms with Gasteiger partial charge in [-0.25, -0.2) is 4.39 Å². The Morgan fingerprint density at radius 1 is 1.40 bits per heavy atom. The Bertz CT molecular complexity index is 512. The molecule has 2 heterocycles. The number of hydrogen-bond donors (Lipinski definition) is 1. The summed E-state index contributed by atoms with van der Waals surface area (Å²) in [6, 6.07) is 4.64. The summed E-state index contributed by atoms with van der Waals surface area (Å²) in [4.78, 5) is 14.1. The molecule has 2 aliphatic rings. The second-order valence-electron chi connectivity index (χ2n) is 5.27. The highest BCUT2D eigenvalue weighted by atomic mass is 35.5. The summed E-state index contributed by atoms with van der Waals surface area (Å²) in [5.41, 5.74) is 0.0805. The van der Waals surface area contributed by atoms with E-state index in [9.17, 15) is 9.18 Å². The second-order valence-corrected chi connectivity index (χ2v) is 5.71. The van der Waals surface area contributed by atoms with Crippen LogP contribution in [0.25, 0.3) is 0 Å². The smallest absolute Gasteiger partial charge is 0.256 e. The van der Waals surface area contributed by atoms with E-state index in [1.807, 2.05) is 0 Å². The van der Waals surface area contributed by atoms with Crippen molar-refractivity contribution < 1.29 is 9.18 Å². The molecule has 2 unspecified atom stereocenters. The molecule has 3 nitrogen and oxygen atoms in total. The van der Waals surface area contributed by atoms with Gasteiger partial charge in [0.25, 0.3) is 5.91 Å². The summed E-state index contributed by atoms with van der Waals surface area (Å²) in [5.74, 6) is -0.244. The van der Waals surface area contributed by atoms with E-state index in [2.05, 4.69) is 5.32 Å². The predicted octanol–water partition coefficient (Wildman–Crippen LogP) is 2.72. The molecule has 0 saturated carbocycles. The van der Waals surface area contributed by atoms with E-state index in [0.717, 1.165) is 19.4 Å². The van der Waals surface area contributed by atoms with Crippen molar-refractivity contribution in [3.05, 3.63) is 34.6 Å². The van der Waals surface area contributed by atoms with Gasteiger partial charge in [-0.1, -0.05) is 11.6 Å². The number of nitrogens with zero attached hydrogens (tertiary/aromatic N) is 1. The van der Waals surface area contributed by atoms with Crippen LogP contribution in [0.1, 0.15) is 23.2 Å². The number of amides is 1. The highest BCUT2D eigenvalue weighted by molar-refractivity contribution is 6.31. The van der Waals surface area contributed by atoms with Crippen LogP contribution in [0.2, 0.25) is 5.02 Å². The average molecular weight is 319 g/mol. The molecule has 6 heteroatoms. The van der Waals surface area contributed by atoms with E-state index < -0.39 is 5.82 Å². The zero-order valence-electron chi connectivity index (χ0n) is 10.9. The van der Waals surface area contributed by atoms with E-state index in [-0.39, 0.29) is 23.9 Å². The van der Waals surface area contributed by atoms with Gasteiger partial charge in [-0.05, 0) is 43.5 Å². The van der Waals surface area contributed by atoms with E-state index in [0.29, 0.717) is 30.1 Å². The van der Waals surface area contributed by atoms with Gasteiger partial charge >= 0.3 is 0 Å². The molecule has 1 amide bonds. The molecule has 1 aromatic rings. The number of carbonyl (C=O) groups is 1. The first-order valence-corrected chi connectivity index (χ1v) is 7.00. The molecule has 2 fully saturated rings. The van der Waals surface area contributed by atoms with E-state index in [1.54, 1.807) is 4.90 Å². The topological polar surface area (TPSA) is 32.3 Å². The highest BCUT2D eigenvalue weighted by Gasteiger charge is 2.35. The SMILES string of the molecule is Cl.O=C(c1cc(Cl)ccc1F)N1CCC2NCCC2C1. The van der Waals surface area contributed by atoms with Gasteiger partial charge < -0.3 is 10.2 Å². The number of likely N-dealkylation sites (tertiary alicyclic amines) is 1. The zero-order chi connectivity index (χ0) is 13.4. The van der Waals surface area contributed by atoms with Gasteiger partial charge in [-0.2, -0.15) is 0 Å². The minimum atomic E-state index is -0.499. The van der Waals surface area contributed by atoms with Crippen LogP contribution in [0.4, 0.5) is 4.39 Å². The van der Waals surface area contributed by atoms with Crippen molar-refractivity contribution in [3.63, 3.8) is 0 Å². The molecular weight excluding hydrogens is 302 g/mol. The molecule has 110 valence electrons. The second kappa shape index (κ2) is 6.29. The van der Waals surface area contributed by atoms with Crippen LogP contribution in [0.15, 0.2) is 18.2 Å². The molecule has 1 N–H and O–H groups in total. The third-order valence-electron chi connectivity index (χ3n) is 4.10. The van der Waals surface area contributed by atoms with E-state index in [1.165, 1.54) is 18.2 Å². The van der Waals surface area contributed by atoms with Crippen molar-refractivity contribution in [3.8, 4) is 0 Å². The summed E-state index contributed by atoms with van der Waals surface area (Å²) >= 11 is 5.84. The molecule has 0 radical (unpaired) electrons. The molecule has 0 spiro atoms. The lowest BCUT2D eigenvalue weighted by Crippen LogP contribution is -2.47. The van der Waals surface area contributed by atoms with Gasteiger partial charge in [0.15, 0.2) is 0 Å². The maximum Gasteiger partial charge on any atom is 0.256 e. The Hall–Kier alpha value is -0.840. The quantitative estimate of drug-likeness (QED) is 0.863. The summed E-state index contributed by atoms with van der Waals surface area (Å²) in [5, 5.41) is 3.84. The summed E-state index contributed by atoms with van der Waals surface area (Å²) < 4.78 is 13.7. The fraction of sp³-hybridized carbons (Fsp3) is 0.500. The van der Waals surface area contributed by atoms with Crippen LogP contribution in [0.5, 0.6) is 0 Å². The molecule has 2 saturated heterocycles. The lowest BCUT2D eigenvalue weighted by Gasteiger charge is -2.35. The van der Waals surface area contributed by atoms with Crippen LogP contribution in [0.3, 0.4) is 0 Å². The van der Waals surface area contributed by atoms with Crippen molar-refractivity contribution in [2.45, 2.75) is 18.9 Å². The number of piperidine rings is 1. The zero-order valence-corrected chi connectivity index (χ0v) is 12.5. The van der Waals surface area contributed by atoms with Crippen LogP contribution in [0, 0.1) is 11.7 Å². The molecule has 2 atom stereocenters. The number of halogens is 3. The van der Waals surface area contributed by atoms with Crippen molar-refractivity contribution >= 4 is 29.9 Å². The molecule has 0 bridgehead atoms. The number of hydrogen-bond acceptors (Lipinski definition) is 2. The number of carbonyl (C=O) groups excluding carboxylic acids is 1. The molecule has 2 aliphatic heterocycles. The minimum absolute atomic E-state index is 0. The van der Waals surface area contributed by atoms with E-state index in [4.69, 9.17) is 11.6 Å². The normalized spacial score (nSPS) is 25.0. The lowest BCUT2D eigenvalue weighted by molar-refractivity contribution is 0.0657. The average Bonchev–Trinajstić information content (AvgIpc) is 2.88. The molecule has 20 heavy (non-hydrogen) atoms. The summed E-state index contributed by atoms with van der Waals surface area (Å²) in [6.07, 6.45) is 2.03. The van der Waals surface area contributed by atoms with Crippen LogP contribution < -0.4 is 5.32 Å². The maximum atomic E-state index is 13.7. The largest absolute Gasteiger partial charge is 0.338 e. The number of rotatable bonds is 1. The van der Waals surface area contributed by atoms with Crippen molar-refractivity contribution in [1.29, 1.82) is 0 Å². The predicted molar refractivity (Wildman–Crippen MR) is 79.1 cm³/mol. The molecule has 0 aliphatic carbocycles. The Balaban J connectivity index is 0.00000147. The molecule has 0 aromatic heterocycles. The van der Waals surface area contributed by atoms with Crippen molar-refractivity contribution in [2.24, 2.45) is 5.92 Å². The number of fused-ring (bicyclic) bond motifs is 1. The fourth-order valence-electron chi connectivity index (χ4n) is 3.06. The molecular formula is C14H17Cl2FN2O. The van der Waals surface area contributed by atoms with Crippen molar-refractivity contribution in [1.82, 2.24) is 10.2 Å². The summed E-state index contributed by atoms with van der Waals surface area (Å²) in [7, 11) is 0. The Morgan fingerprint density at radius 2 is 2.20 bits per heavy atom. The first-order valence-electron chi connectivity index (χ1n) is 6.63. The lowest BCUT2D eigenvalue weighted by atomic mass is 9.93. The van der Waals surface area contributed by atoms with Crippen LogP contribution in [-0.2, 0) is 0 Å². The fourth-order valence-corrected chi connectivity index (χ4v) is 3.24. The van der Waals surface area contributed by atoms with Gasteiger partial charge in [-0.15, -0.1) is 12.4 Å². The number of benzene rings is 1. The highest BCUT2D eigenvalue weighted by Crippen LogP contribution is 2.26. The van der Waals surface area contributed by atoms with Crippen LogP contribution in [-0.4, -0.2) is 36.5 Å². The monoisotopic (exact) mass is 318 g/mol. The molecule has 1 aromatic carbocycles. The third-order valence-corrected chi connectivity index (χ3v) is 4.34.